The van der Waals surface area contributed by atoms with Gasteiger partial charge in [0, 0.05) is 35.6 Å². The molecule has 4 amide bonds. The van der Waals surface area contributed by atoms with E-state index in [0.717, 1.165) is 0 Å². The maximum atomic E-state index is 13.1. The van der Waals surface area contributed by atoms with E-state index in [2.05, 4.69) is 51.2 Å². The number of anilines is 6. The largest absolute Gasteiger partial charge is 0.481 e. The van der Waals surface area contributed by atoms with Crippen LogP contribution >= 0.6 is 0 Å². The fraction of sp³-hybridized carbons (Fsp3) is 0.211. The number of nitrogens with one attached hydrogen (secondary N) is 4. The van der Waals surface area contributed by atoms with E-state index < -0.39 is 36.0 Å². The van der Waals surface area contributed by atoms with Gasteiger partial charge in [-0.05, 0) is 47.9 Å². The lowest BCUT2D eigenvalue weighted by Gasteiger charge is -2.20. The Kier molecular flexibility index (Phi) is 8.78. The van der Waals surface area contributed by atoms with Crippen LogP contribution in [0.4, 0.5) is 43.4 Å². The fourth-order valence-corrected chi connectivity index (χ4v) is 6.47. The molecule has 0 spiro atoms. The van der Waals surface area contributed by atoms with Gasteiger partial charge in [0.05, 0.1) is 46.7 Å². The lowest BCUT2D eigenvalue weighted by atomic mass is 10.1. The third-order valence-electron chi connectivity index (χ3n) is 9.68. The van der Waals surface area contributed by atoms with Crippen LogP contribution < -0.4 is 42.2 Å². The highest BCUT2D eigenvalue weighted by Gasteiger charge is 2.44. The molecule has 0 saturated heterocycles. The number of ether oxygens (including phenoxy) is 2. The average Bonchev–Trinajstić information content (AvgIpc) is 4.13. The molecule has 18 nitrogen and oxygen atoms in total. The van der Waals surface area contributed by atoms with Gasteiger partial charge in [0.15, 0.2) is 24.7 Å². The lowest BCUT2D eigenvalue weighted by molar-refractivity contribution is -0.119. The van der Waals surface area contributed by atoms with Gasteiger partial charge in [-0.2, -0.15) is 0 Å². The summed E-state index contributed by atoms with van der Waals surface area (Å²) >= 11 is 0. The zero-order valence-corrected chi connectivity index (χ0v) is 30.0. The number of hydrogen-bond acceptors (Lipinski definition) is 14. The monoisotopic (exact) mass is 788 g/mol. The second kappa shape index (κ2) is 14.1. The third kappa shape index (κ3) is 7.01. The van der Waals surface area contributed by atoms with Gasteiger partial charge in [-0.25, -0.2) is 28.7 Å². The molecule has 6 aromatic heterocycles. The highest BCUT2D eigenvalue weighted by molar-refractivity contribution is 6.02. The predicted octanol–water partition coefficient (Wildman–Crippen LogP) is 3.80. The number of pyridine rings is 6. The lowest BCUT2D eigenvalue weighted by Crippen LogP contribution is -2.25. The van der Waals surface area contributed by atoms with Crippen molar-refractivity contribution >= 4 is 79.8 Å². The predicted molar refractivity (Wildman–Crippen MR) is 206 cm³/mol. The summed E-state index contributed by atoms with van der Waals surface area (Å²) in [7, 11) is 0. The molecule has 4 aliphatic rings. The maximum Gasteiger partial charge on any atom is 0.262 e. The first-order valence-corrected chi connectivity index (χ1v) is 17.8. The molecule has 0 bridgehead atoms. The molecule has 8 N–H and O–H groups in total. The molecular formula is C38H30F2N12O6. The van der Waals surface area contributed by atoms with Crippen LogP contribution in [-0.4, -0.2) is 79.1 Å². The zero-order valence-electron chi connectivity index (χ0n) is 30.0. The van der Waals surface area contributed by atoms with Gasteiger partial charge in [-0.1, -0.05) is 0 Å². The van der Waals surface area contributed by atoms with E-state index in [-0.39, 0.29) is 49.5 Å². The van der Waals surface area contributed by atoms with Crippen molar-refractivity contribution in [2.45, 2.75) is 25.2 Å². The molecule has 4 atom stereocenters. The van der Waals surface area contributed by atoms with Crippen LogP contribution in [0.2, 0.25) is 0 Å². The van der Waals surface area contributed by atoms with Crippen molar-refractivity contribution < 1.29 is 37.4 Å². The molecule has 2 aliphatic heterocycles. The van der Waals surface area contributed by atoms with E-state index >= 15 is 0 Å². The number of nitrogen functional groups attached to an aromatic ring is 2. The Hall–Kier alpha value is -7.64. The number of amides is 4. The number of nitrogens with zero attached hydrogens (tertiary/aromatic N) is 6. The number of carbonyl (C=O) groups excluding carboxylic acids is 4. The molecule has 0 unspecified atom stereocenters. The Labute approximate surface area is 325 Å². The molecule has 2 saturated carbocycles. The Balaban J connectivity index is 0.000000150. The first kappa shape index (κ1) is 36.0. The van der Waals surface area contributed by atoms with Crippen LogP contribution in [0.3, 0.4) is 0 Å². The van der Waals surface area contributed by atoms with Gasteiger partial charge in [-0.15, -0.1) is 0 Å². The number of halogens is 2. The van der Waals surface area contributed by atoms with Gasteiger partial charge in [0.2, 0.25) is 11.8 Å². The molecule has 0 radical (unpaired) electrons. The van der Waals surface area contributed by atoms with Crippen molar-refractivity contribution in [1.29, 1.82) is 0 Å². The van der Waals surface area contributed by atoms with Crippen molar-refractivity contribution in [3.63, 3.8) is 0 Å². The molecule has 2 fully saturated rings. The van der Waals surface area contributed by atoms with Crippen molar-refractivity contribution in [3.8, 4) is 34.0 Å². The smallest absolute Gasteiger partial charge is 0.262 e. The van der Waals surface area contributed by atoms with Gasteiger partial charge in [0.1, 0.15) is 47.0 Å². The minimum absolute atomic E-state index is 0.107. The number of carbonyl (C=O) groups is 4. The summed E-state index contributed by atoms with van der Waals surface area (Å²) < 4.78 is 37.3. The topological polar surface area (TPSA) is 264 Å². The molecule has 292 valence electrons. The Morgan fingerprint density at radius 3 is 1.47 bits per heavy atom. The summed E-state index contributed by atoms with van der Waals surface area (Å²) in [5, 5.41) is 13.2. The minimum atomic E-state index is -1.08. The van der Waals surface area contributed by atoms with Crippen LogP contribution in [-0.2, 0) is 19.2 Å². The fourth-order valence-electron chi connectivity index (χ4n) is 6.47. The summed E-state index contributed by atoms with van der Waals surface area (Å²) in [4.78, 5) is 72.4. The number of aromatic nitrogens is 6. The second-order valence-electron chi connectivity index (χ2n) is 13.9. The SMILES string of the molecule is Nc1nc(-c2cncc3c2OCC(=O)N3)cc2cc(NC(=O)[C@@H]3C[C@@H]3F)ncc12.Nc1nc(-c2cncc3c2OCC(=O)N3)cc2cc(NC(=O)[C@H]3C[C@H]3F)ncc12. The summed E-state index contributed by atoms with van der Waals surface area (Å²) in [5.41, 5.74) is 15.2. The first-order valence-electron chi connectivity index (χ1n) is 17.8. The molecule has 10 rings (SSSR count). The Morgan fingerprint density at radius 2 is 1.07 bits per heavy atom. The number of nitrogens with two attached hydrogens (primary N) is 2. The van der Waals surface area contributed by atoms with Gasteiger partial charge in [0.25, 0.3) is 11.8 Å². The van der Waals surface area contributed by atoms with E-state index in [1.807, 2.05) is 0 Å². The van der Waals surface area contributed by atoms with Gasteiger partial charge >= 0.3 is 0 Å². The van der Waals surface area contributed by atoms with Crippen LogP contribution in [0, 0.1) is 11.8 Å². The van der Waals surface area contributed by atoms with Crippen molar-refractivity contribution in [1.82, 2.24) is 29.9 Å². The highest BCUT2D eigenvalue weighted by Crippen LogP contribution is 2.41. The van der Waals surface area contributed by atoms with Gasteiger partial charge < -0.3 is 42.2 Å². The van der Waals surface area contributed by atoms with Crippen molar-refractivity contribution in [3.05, 3.63) is 61.4 Å². The first-order chi connectivity index (χ1) is 28.0. The van der Waals surface area contributed by atoms with E-state index in [4.69, 9.17) is 20.9 Å². The van der Waals surface area contributed by atoms with Crippen LogP contribution in [0.1, 0.15) is 12.8 Å². The van der Waals surface area contributed by atoms with E-state index in [1.54, 1.807) is 36.7 Å². The normalized spacial score (nSPS) is 19.8. The number of hydrogen-bond donors (Lipinski definition) is 6. The van der Waals surface area contributed by atoms with Crippen LogP contribution in [0.5, 0.6) is 11.5 Å². The average molecular weight is 789 g/mol. The Bertz CT molecular complexity index is 2550. The third-order valence-corrected chi connectivity index (χ3v) is 9.68. The van der Waals surface area contributed by atoms with Crippen LogP contribution in [0.25, 0.3) is 44.1 Å². The maximum absolute atomic E-state index is 13.1. The molecular weight excluding hydrogens is 758 g/mol. The minimum Gasteiger partial charge on any atom is -0.481 e. The molecule has 20 heteroatoms. The van der Waals surface area contributed by atoms with Gasteiger partial charge in [-0.3, -0.25) is 29.1 Å². The zero-order chi connectivity index (χ0) is 40.2. The number of rotatable bonds is 6. The summed E-state index contributed by atoms with van der Waals surface area (Å²) in [5.74, 6) is -0.538. The summed E-state index contributed by atoms with van der Waals surface area (Å²) in [6.45, 7) is -0.214. The van der Waals surface area contributed by atoms with Crippen molar-refractivity contribution in [2.24, 2.45) is 11.8 Å². The quantitative estimate of drug-likeness (QED) is 0.140. The Morgan fingerprint density at radius 1 is 0.655 bits per heavy atom. The molecule has 58 heavy (non-hydrogen) atoms. The van der Waals surface area contributed by atoms with E-state index in [9.17, 15) is 28.0 Å². The van der Waals surface area contributed by atoms with E-state index in [1.165, 1.54) is 24.8 Å². The van der Waals surface area contributed by atoms with Crippen molar-refractivity contribution in [2.75, 3.05) is 45.9 Å². The summed E-state index contributed by atoms with van der Waals surface area (Å²) in [6, 6.07) is 6.82. The van der Waals surface area contributed by atoms with Crippen LogP contribution in [0.15, 0.2) is 61.4 Å². The second-order valence-corrected chi connectivity index (χ2v) is 13.9. The molecule has 0 aromatic carbocycles. The van der Waals surface area contributed by atoms with E-state index in [0.29, 0.717) is 78.6 Å². The molecule has 6 aromatic rings. The highest BCUT2D eigenvalue weighted by atomic mass is 19.1. The standard InChI is InChI=1S/2C19H15FN6O3/c2*20-12-3-9(12)19(28)26-15-2-8-1-13(25-18(21)10(8)5-23-15)11-4-22-6-14-17(11)29-7-16(27)24-14/h2*1-2,4-6,9,12H,3,7H2,(H2,21,25)(H,24,27)(H,23,26,28)/t2*9-,12+/m10/s1. The number of fused-ring (bicyclic) bond motifs is 4. The number of alkyl halides is 2. The summed E-state index contributed by atoms with van der Waals surface area (Å²) in [6.07, 6.45) is 7.45. The molecule has 8 heterocycles. The molecule has 2 aliphatic carbocycles.